The van der Waals surface area contributed by atoms with E-state index in [-0.39, 0.29) is 11.9 Å². The maximum atomic E-state index is 12.6. The van der Waals surface area contributed by atoms with Crippen LogP contribution in [0.1, 0.15) is 47.6 Å². The molecule has 2 atom stereocenters. The zero-order chi connectivity index (χ0) is 17.4. The fraction of sp³-hybridized carbons (Fsp3) is 0.611. The highest BCUT2D eigenvalue weighted by molar-refractivity contribution is 5.93. The molecule has 0 aromatic carbocycles. The Bertz CT molecular complexity index is 781. The molecule has 134 valence electrons. The van der Waals surface area contributed by atoms with Crippen LogP contribution in [0.2, 0.25) is 0 Å². The number of hydrogen-bond donors (Lipinski definition) is 2. The molecule has 7 nitrogen and oxygen atoms in total. The van der Waals surface area contributed by atoms with E-state index in [1.807, 2.05) is 19.9 Å². The summed E-state index contributed by atoms with van der Waals surface area (Å²) in [6.07, 6.45) is 4.21. The Balaban J connectivity index is 1.40. The molecule has 25 heavy (non-hydrogen) atoms. The Morgan fingerprint density at radius 1 is 1.16 bits per heavy atom. The minimum atomic E-state index is -0.119. The number of aryl methyl sites for hydroxylation is 2. The molecular weight excluding hydrogens is 318 g/mol. The van der Waals surface area contributed by atoms with Crippen LogP contribution in [0.4, 0.5) is 0 Å². The summed E-state index contributed by atoms with van der Waals surface area (Å²) in [5.41, 5.74) is 3.05. The molecule has 1 saturated carbocycles. The number of hydrogen-bond acceptors (Lipinski definition) is 5. The summed E-state index contributed by atoms with van der Waals surface area (Å²) >= 11 is 0. The number of carbonyl (C=O) groups excluding carboxylic acids is 1. The van der Waals surface area contributed by atoms with Crippen molar-refractivity contribution in [1.29, 1.82) is 0 Å². The van der Waals surface area contributed by atoms with Crippen molar-refractivity contribution in [3.63, 3.8) is 0 Å². The van der Waals surface area contributed by atoms with Gasteiger partial charge < -0.3 is 15.4 Å². The molecule has 2 aromatic rings. The van der Waals surface area contributed by atoms with Gasteiger partial charge in [0.05, 0.1) is 0 Å². The largest absolute Gasteiger partial charge is 0.381 e. The predicted octanol–water partition coefficient (Wildman–Crippen LogP) is 1.38. The van der Waals surface area contributed by atoms with Crippen LogP contribution < -0.4 is 10.6 Å². The molecule has 2 N–H and O–H groups in total. The molecular formula is C18H25N5O2. The van der Waals surface area contributed by atoms with Crippen LogP contribution in [0, 0.1) is 13.8 Å². The summed E-state index contributed by atoms with van der Waals surface area (Å²) in [6.45, 7) is 5.57. The van der Waals surface area contributed by atoms with E-state index in [0.717, 1.165) is 50.3 Å². The van der Waals surface area contributed by atoms with Crippen LogP contribution in [0.15, 0.2) is 12.1 Å². The molecule has 0 spiro atoms. The van der Waals surface area contributed by atoms with Crippen molar-refractivity contribution in [2.75, 3.05) is 13.2 Å². The van der Waals surface area contributed by atoms with Crippen LogP contribution in [-0.4, -0.2) is 51.8 Å². The summed E-state index contributed by atoms with van der Waals surface area (Å²) in [7, 11) is 0. The fourth-order valence-corrected chi connectivity index (χ4v) is 3.68. The molecule has 7 heteroatoms. The smallest absolute Gasteiger partial charge is 0.272 e. The second-order valence-electron chi connectivity index (χ2n) is 7.16. The van der Waals surface area contributed by atoms with Crippen LogP contribution in [0.25, 0.3) is 5.65 Å². The van der Waals surface area contributed by atoms with E-state index < -0.39 is 0 Å². The maximum Gasteiger partial charge on any atom is 0.272 e. The van der Waals surface area contributed by atoms with Gasteiger partial charge in [0, 0.05) is 48.8 Å². The zero-order valence-electron chi connectivity index (χ0n) is 14.8. The highest BCUT2D eigenvalue weighted by atomic mass is 16.5. The molecule has 1 aliphatic carbocycles. The van der Waals surface area contributed by atoms with E-state index in [4.69, 9.17) is 4.74 Å². The predicted molar refractivity (Wildman–Crippen MR) is 93.7 cm³/mol. The van der Waals surface area contributed by atoms with Gasteiger partial charge in [-0.3, -0.25) is 4.79 Å². The Kier molecular flexibility index (Phi) is 4.43. The molecule has 1 amide bonds. The number of carbonyl (C=O) groups is 1. The highest BCUT2D eigenvalue weighted by Gasteiger charge is 2.34. The van der Waals surface area contributed by atoms with E-state index in [9.17, 15) is 4.79 Å². The van der Waals surface area contributed by atoms with E-state index in [0.29, 0.717) is 23.4 Å². The quantitative estimate of drug-likeness (QED) is 0.876. The number of nitrogens with one attached hydrogen (secondary N) is 2. The summed E-state index contributed by atoms with van der Waals surface area (Å²) in [6, 6.07) is 4.75. The standard InChI is InChI=1S/C18H25N5O2/c1-11-9-12(2)23-17(19-11)10-16(22-23)18(24)21-15-4-3-14(15)20-13-5-7-25-8-6-13/h9-10,13-15,20H,3-8H2,1-2H3,(H,21,24)/t14-,15+/m0/s1. The van der Waals surface area contributed by atoms with Gasteiger partial charge >= 0.3 is 0 Å². The molecule has 2 aromatic heterocycles. The molecule has 1 saturated heterocycles. The van der Waals surface area contributed by atoms with Gasteiger partial charge in [-0.15, -0.1) is 0 Å². The molecule has 3 heterocycles. The molecule has 2 aliphatic rings. The molecule has 2 fully saturated rings. The first-order valence-corrected chi connectivity index (χ1v) is 9.09. The lowest BCUT2D eigenvalue weighted by Crippen LogP contribution is -2.59. The molecule has 0 unspecified atom stereocenters. The Labute approximate surface area is 147 Å². The highest BCUT2D eigenvalue weighted by Crippen LogP contribution is 2.22. The third-order valence-electron chi connectivity index (χ3n) is 5.23. The first-order valence-electron chi connectivity index (χ1n) is 9.09. The molecule has 1 aliphatic heterocycles. The van der Waals surface area contributed by atoms with E-state index in [1.54, 1.807) is 10.6 Å². The number of fused-ring (bicyclic) bond motifs is 1. The van der Waals surface area contributed by atoms with E-state index in [1.165, 1.54) is 0 Å². The average molecular weight is 343 g/mol. The van der Waals surface area contributed by atoms with Crippen LogP contribution in [-0.2, 0) is 4.74 Å². The Morgan fingerprint density at radius 2 is 1.92 bits per heavy atom. The van der Waals surface area contributed by atoms with Crippen molar-refractivity contribution < 1.29 is 9.53 Å². The average Bonchev–Trinajstić information content (AvgIpc) is 3.02. The number of aromatic nitrogens is 3. The minimum Gasteiger partial charge on any atom is -0.381 e. The van der Waals surface area contributed by atoms with Crippen LogP contribution >= 0.6 is 0 Å². The summed E-state index contributed by atoms with van der Waals surface area (Å²) in [4.78, 5) is 17.0. The number of nitrogens with zero attached hydrogens (tertiary/aromatic N) is 3. The van der Waals surface area contributed by atoms with Crippen molar-refractivity contribution in [3.8, 4) is 0 Å². The van der Waals surface area contributed by atoms with Gasteiger partial charge in [0.2, 0.25) is 0 Å². The second-order valence-corrected chi connectivity index (χ2v) is 7.16. The van der Waals surface area contributed by atoms with Gasteiger partial charge in [-0.05, 0) is 45.6 Å². The van der Waals surface area contributed by atoms with Gasteiger partial charge in [-0.2, -0.15) is 5.10 Å². The first-order chi connectivity index (χ1) is 12.1. The molecule has 4 rings (SSSR count). The topological polar surface area (TPSA) is 80.6 Å². The second kappa shape index (κ2) is 6.72. The van der Waals surface area contributed by atoms with Crippen LogP contribution in [0.5, 0.6) is 0 Å². The Morgan fingerprint density at radius 3 is 2.64 bits per heavy atom. The van der Waals surface area contributed by atoms with Gasteiger partial charge in [0.25, 0.3) is 5.91 Å². The maximum absolute atomic E-state index is 12.6. The summed E-state index contributed by atoms with van der Waals surface area (Å²) < 4.78 is 7.13. The lowest BCUT2D eigenvalue weighted by atomic mass is 9.85. The van der Waals surface area contributed by atoms with Crippen LogP contribution in [0.3, 0.4) is 0 Å². The fourth-order valence-electron chi connectivity index (χ4n) is 3.68. The van der Waals surface area contributed by atoms with E-state index in [2.05, 4.69) is 20.7 Å². The number of amides is 1. The van der Waals surface area contributed by atoms with Crippen molar-refractivity contribution in [1.82, 2.24) is 25.2 Å². The third kappa shape index (κ3) is 3.39. The molecule has 0 radical (unpaired) electrons. The third-order valence-corrected chi connectivity index (χ3v) is 5.23. The summed E-state index contributed by atoms with van der Waals surface area (Å²) in [5, 5.41) is 11.2. The zero-order valence-corrected chi connectivity index (χ0v) is 14.8. The number of ether oxygens (including phenoxy) is 1. The Hall–Kier alpha value is -1.99. The van der Waals surface area contributed by atoms with Crippen molar-refractivity contribution in [2.24, 2.45) is 0 Å². The normalized spacial score (nSPS) is 24.2. The van der Waals surface area contributed by atoms with Crippen molar-refractivity contribution in [2.45, 2.75) is 57.7 Å². The van der Waals surface area contributed by atoms with Crippen molar-refractivity contribution in [3.05, 3.63) is 29.2 Å². The molecule has 0 bridgehead atoms. The summed E-state index contributed by atoms with van der Waals surface area (Å²) in [5.74, 6) is -0.119. The first kappa shape index (κ1) is 16.5. The minimum absolute atomic E-state index is 0.119. The van der Waals surface area contributed by atoms with Gasteiger partial charge in [-0.25, -0.2) is 9.50 Å². The SMILES string of the molecule is Cc1cc(C)n2nc(C(=O)N[C@@H]3CC[C@@H]3NC3CCOCC3)cc2n1. The lowest BCUT2D eigenvalue weighted by Gasteiger charge is -2.40. The van der Waals surface area contributed by atoms with Gasteiger partial charge in [0.1, 0.15) is 0 Å². The lowest BCUT2D eigenvalue weighted by molar-refractivity contribution is 0.0652. The number of rotatable bonds is 4. The monoisotopic (exact) mass is 343 g/mol. The van der Waals surface area contributed by atoms with Crippen molar-refractivity contribution >= 4 is 11.6 Å². The van der Waals surface area contributed by atoms with Gasteiger partial charge in [-0.1, -0.05) is 0 Å². The van der Waals surface area contributed by atoms with Gasteiger partial charge in [0.15, 0.2) is 11.3 Å². The van der Waals surface area contributed by atoms with E-state index >= 15 is 0 Å².